The molecule has 2 aromatic heterocycles. The highest BCUT2D eigenvalue weighted by Crippen LogP contribution is 2.26. The largest absolute Gasteiger partial charge is 0.387 e. The van der Waals surface area contributed by atoms with Crippen molar-refractivity contribution in [3.05, 3.63) is 45.4 Å². The first kappa shape index (κ1) is 14.5. The van der Waals surface area contributed by atoms with Gasteiger partial charge in [-0.3, -0.25) is 9.78 Å². The molecule has 106 valence electrons. The predicted molar refractivity (Wildman–Crippen MR) is 83.5 cm³/mol. The van der Waals surface area contributed by atoms with Crippen molar-refractivity contribution in [3.63, 3.8) is 0 Å². The summed E-state index contributed by atoms with van der Waals surface area (Å²) >= 11 is 1.75. The van der Waals surface area contributed by atoms with Crippen LogP contribution in [0.1, 0.15) is 38.6 Å². The fraction of sp³-hybridized carbons (Fsp3) is 0.333. The van der Waals surface area contributed by atoms with E-state index in [1.54, 1.807) is 36.8 Å². The minimum absolute atomic E-state index is 0.0163. The standard InChI is InChI=1S/C15H19N3OS/c1-9-7-12(11(3)20-9)10(2)18-15(19)13-8-17-6-5-14(13)16-4/h5-8,10H,1-4H3,(H,16,17)(H,18,19). The van der Waals surface area contributed by atoms with Crippen molar-refractivity contribution in [2.75, 3.05) is 12.4 Å². The Labute approximate surface area is 123 Å². The minimum Gasteiger partial charge on any atom is -0.387 e. The molecule has 0 aromatic carbocycles. The molecule has 0 spiro atoms. The van der Waals surface area contributed by atoms with Gasteiger partial charge in [-0.05, 0) is 38.5 Å². The number of carbonyl (C=O) groups excluding carboxylic acids is 1. The quantitative estimate of drug-likeness (QED) is 0.908. The molecule has 0 aliphatic heterocycles. The summed E-state index contributed by atoms with van der Waals surface area (Å²) in [5.74, 6) is -0.113. The number of nitrogens with zero attached hydrogens (tertiary/aromatic N) is 1. The molecule has 5 heteroatoms. The van der Waals surface area contributed by atoms with E-state index in [-0.39, 0.29) is 11.9 Å². The molecular formula is C15H19N3OS. The first-order valence-corrected chi connectivity index (χ1v) is 7.34. The lowest BCUT2D eigenvalue weighted by molar-refractivity contribution is 0.0940. The summed E-state index contributed by atoms with van der Waals surface area (Å²) in [4.78, 5) is 18.9. The van der Waals surface area contributed by atoms with E-state index in [0.717, 1.165) is 5.69 Å². The van der Waals surface area contributed by atoms with E-state index >= 15 is 0 Å². The number of amides is 1. The van der Waals surface area contributed by atoms with E-state index in [4.69, 9.17) is 0 Å². The van der Waals surface area contributed by atoms with Gasteiger partial charge in [0.25, 0.3) is 5.91 Å². The van der Waals surface area contributed by atoms with E-state index in [9.17, 15) is 4.79 Å². The summed E-state index contributed by atoms with van der Waals surface area (Å²) in [7, 11) is 1.79. The molecule has 2 N–H and O–H groups in total. The van der Waals surface area contributed by atoms with Crippen LogP contribution in [-0.4, -0.2) is 17.9 Å². The van der Waals surface area contributed by atoms with Crippen LogP contribution >= 0.6 is 11.3 Å². The average molecular weight is 289 g/mol. The highest BCUT2D eigenvalue weighted by molar-refractivity contribution is 7.12. The molecule has 0 aliphatic carbocycles. The topological polar surface area (TPSA) is 54.0 Å². The Balaban J connectivity index is 2.17. The Morgan fingerprint density at radius 3 is 2.75 bits per heavy atom. The number of carbonyl (C=O) groups is 1. The van der Waals surface area contributed by atoms with Crippen molar-refractivity contribution >= 4 is 22.9 Å². The van der Waals surface area contributed by atoms with Crippen molar-refractivity contribution in [2.45, 2.75) is 26.8 Å². The highest BCUT2D eigenvalue weighted by atomic mass is 32.1. The monoisotopic (exact) mass is 289 g/mol. The Morgan fingerprint density at radius 1 is 1.40 bits per heavy atom. The van der Waals surface area contributed by atoms with Gasteiger partial charge in [0, 0.05) is 34.9 Å². The lowest BCUT2D eigenvalue weighted by atomic mass is 10.1. The zero-order valence-corrected chi connectivity index (χ0v) is 13.0. The van der Waals surface area contributed by atoms with Crippen molar-refractivity contribution in [3.8, 4) is 0 Å². The Kier molecular flexibility index (Phi) is 4.39. The van der Waals surface area contributed by atoms with E-state index in [1.165, 1.54) is 15.3 Å². The number of rotatable bonds is 4. The number of hydrogen-bond acceptors (Lipinski definition) is 4. The predicted octanol–water partition coefficient (Wildman–Crippen LogP) is 3.29. The van der Waals surface area contributed by atoms with Gasteiger partial charge in [-0.15, -0.1) is 11.3 Å². The molecule has 0 fully saturated rings. The Bertz CT molecular complexity index is 621. The van der Waals surface area contributed by atoms with Gasteiger partial charge in [-0.25, -0.2) is 0 Å². The first-order valence-electron chi connectivity index (χ1n) is 6.52. The van der Waals surface area contributed by atoms with Gasteiger partial charge in [-0.2, -0.15) is 0 Å². The molecule has 0 saturated heterocycles. The molecule has 4 nitrogen and oxygen atoms in total. The van der Waals surface area contributed by atoms with Gasteiger partial charge in [0.1, 0.15) is 0 Å². The van der Waals surface area contributed by atoms with E-state index in [2.05, 4.69) is 35.5 Å². The zero-order chi connectivity index (χ0) is 14.7. The van der Waals surface area contributed by atoms with Crippen LogP contribution in [0.15, 0.2) is 24.5 Å². The third-order valence-electron chi connectivity index (χ3n) is 3.23. The molecule has 0 bridgehead atoms. The van der Waals surface area contributed by atoms with Gasteiger partial charge in [0.05, 0.1) is 11.6 Å². The molecule has 1 amide bonds. The van der Waals surface area contributed by atoms with Gasteiger partial charge in [0.15, 0.2) is 0 Å². The normalized spacial score (nSPS) is 12.0. The third-order valence-corrected chi connectivity index (χ3v) is 4.21. The number of nitrogens with one attached hydrogen (secondary N) is 2. The lowest BCUT2D eigenvalue weighted by Crippen LogP contribution is -2.27. The second-order valence-corrected chi connectivity index (χ2v) is 6.20. The van der Waals surface area contributed by atoms with Crippen LogP contribution in [0.25, 0.3) is 0 Å². The zero-order valence-electron chi connectivity index (χ0n) is 12.2. The Morgan fingerprint density at radius 2 is 2.15 bits per heavy atom. The minimum atomic E-state index is -0.113. The summed E-state index contributed by atoms with van der Waals surface area (Å²) in [6, 6.07) is 3.91. The van der Waals surface area contributed by atoms with E-state index in [1.807, 2.05) is 6.92 Å². The molecule has 1 unspecified atom stereocenters. The maximum absolute atomic E-state index is 12.3. The second kappa shape index (κ2) is 6.05. The molecular weight excluding hydrogens is 270 g/mol. The van der Waals surface area contributed by atoms with Crippen molar-refractivity contribution in [1.29, 1.82) is 0 Å². The molecule has 2 aromatic rings. The van der Waals surface area contributed by atoms with Crippen LogP contribution < -0.4 is 10.6 Å². The van der Waals surface area contributed by atoms with Gasteiger partial charge >= 0.3 is 0 Å². The third kappa shape index (κ3) is 2.99. The average Bonchev–Trinajstić information content (AvgIpc) is 2.77. The molecule has 2 rings (SSSR count). The van der Waals surface area contributed by atoms with Gasteiger partial charge < -0.3 is 10.6 Å². The van der Waals surface area contributed by atoms with Gasteiger partial charge in [0.2, 0.25) is 0 Å². The number of thiophene rings is 1. The van der Waals surface area contributed by atoms with Crippen LogP contribution in [0.4, 0.5) is 5.69 Å². The molecule has 20 heavy (non-hydrogen) atoms. The van der Waals surface area contributed by atoms with Crippen molar-refractivity contribution in [2.24, 2.45) is 0 Å². The number of aryl methyl sites for hydroxylation is 2. The fourth-order valence-corrected chi connectivity index (χ4v) is 3.25. The second-order valence-electron chi connectivity index (χ2n) is 4.73. The maximum Gasteiger partial charge on any atom is 0.255 e. The fourth-order valence-electron chi connectivity index (χ4n) is 2.23. The number of aromatic nitrogens is 1. The van der Waals surface area contributed by atoms with E-state index < -0.39 is 0 Å². The smallest absolute Gasteiger partial charge is 0.255 e. The van der Waals surface area contributed by atoms with Crippen LogP contribution in [0.2, 0.25) is 0 Å². The number of anilines is 1. The molecule has 0 radical (unpaired) electrons. The summed E-state index contributed by atoms with van der Waals surface area (Å²) in [5, 5.41) is 6.04. The highest BCUT2D eigenvalue weighted by Gasteiger charge is 2.17. The van der Waals surface area contributed by atoms with Crippen molar-refractivity contribution < 1.29 is 4.79 Å². The van der Waals surface area contributed by atoms with Crippen LogP contribution in [0, 0.1) is 13.8 Å². The first-order chi connectivity index (χ1) is 9.52. The van der Waals surface area contributed by atoms with E-state index in [0.29, 0.717) is 5.56 Å². The summed E-state index contributed by atoms with van der Waals surface area (Å²) in [5.41, 5.74) is 2.52. The number of pyridine rings is 1. The maximum atomic E-state index is 12.3. The lowest BCUT2D eigenvalue weighted by Gasteiger charge is -2.15. The summed E-state index contributed by atoms with van der Waals surface area (Å²) in [6.45, 7) is 6.16. The van der Waals surface area contributed by atoms with Crippen LogP contribution in [0.3, 0.4) is 0 Å². The summed E-state index contributed by atoms with van der Waals surface area (Å²) in [6.07, 6.45) is 3.25. The SMILES string of the molecule is CNc1ccncc1C(=O)NC(C)c1cc(C)sc1C. The molecule has 2 heterocycles. The molecule has 1 atom stereocenters. The number of hydrogen-bond donors (Lipinski definition) is 2. The molecule has 0 saturated carbocycles. The summed E-state index contributed by atoms with van der Waals surface area (Å²) < 4.78 is 0. The van der Waals surface area contributed by atoms with Gasteiger partial charge in [-0.1, -0.05) is 0 Å². The Hall–Kier alpha value is -1.88. The van der Waals surface area contributed by atoms with Crippen molar-refractivity contribution in [1.82, 2.24) is 10.3 Å². The van der Waals surface area contributed by atoms with Crippen LogP contribution in [0.5, 0.6) is 0 Å². The van der Waals surface area contributed by atoms with Crippen LogP contribution in [-0.2, 0) is 0 Å². The molecule has 0 aliphatic rings.